The Bertz CT molecular complexity index is 527. The van der Waals surface area contributed by atoms with Crippen LogP contribution in [0.4, 0.5) is 0 Å². The number of methoxy groups -OCH3 is 3. The van der Waals surface area contributed by atoms with E-state index in [0.717, 1.165) is 19.3 Å². The number of rotatable bonds is 6. The first-order chi connectivity index (χ1) is 10.0. The molecule has 6 heteroatoms. The van der Waals surface area contributed by atoms with Gasteiger partial charge in [0.15, 0.2) is 11.5 Å². The lowest BCUT2D eigenvalue weighted by atomic mass is 9.78. The van der Waals surface area contributed by atoms with Crippen molar-refractivity contribution in [3.63, 3.8) is 0 Å². The van der Waals surface area contributed by atoms with Crippen molar-refractivity contribution in [3.8, 4) is 17.2 Å². The van der Waals surface area contributed by atoms with Crippen LogP contribution in [-0.2, 0) is 0 Å². The monoisotopic (exact) mass is 294 g/mol. The molecule has 0 aromatic heterocycles. The summed E-state index contributed by atoms with van der Waals surface area (Å²) in [5, 5.41) is 2.86. The Hall–Kier alpha value is -1.95. The van der Waals surface area contributed by atoms with Crippen LogP contribution in [0.15, 0.2) is 12.1 Å². The van der Waals surface area contributed by atoms with Crippen molar-refractivity contribution in [3.05, 3.63) is 17.7 Å². The summed E-state index contributed by atoms with van der Waals surface area (Å²) in [5.41, 5.74) is 6.25. The van der Waals surface area contributed by atoms with E-state index in [0.29, 0.717) is 29.4 Å². The smallest absolute Gasteiger partial charge is 0.255 e. The van der Waals surface area contributed by atoms with Gasteiger partial charge in [-0.25, -0.2) is 0 Å². The predicted octanol–water partition coefficient (Wildman–Crippen LogP) is 1.32. The normalized spacial score (nSPS) is 15.8. The van der Waals surface area contributed by atoms with Gasteiger partial charge in [-0.3, -0.25) is 4.79 Å². The zero-order valence-corrected chi connectivity index (χ0v) is 12.7. The number of ether oxygens (including phenoxy) is 3. The third kappa shape index (κ3) is 3.05. The van der Waals surface area contributed by atoms with E-state index in [9.17, 15) is 4.79 Å². The first-order valence-electron chi connectivity index (χ1n) is 6.90. The summed E-state index contributed by atoms with van der Waals surface area (Å²) < 4.78 is 15.8. The maximum atomic E-state index is 12.3. The van der Waals surface area contributed by atoms with Crippen LogP contribution in [0.1, 0.15) is 29.6 Å². The Morgan fingerprint density at radius 2 is 1.86 bits per heavy atom. The van der Waals surface area contributed by atoms with E-state index in [2.05, 4.69) is 5.32 Å². The highest BCUT2D eigenvalue weighted by Crippen LogP contribution is 2.39. The lowest BCUT2D eigenvalue weighted by molar-refractivity contribution is 0.0926. The number of hydrogen-bond acceptors (Lipinski definition) is 5. The molecule has 21 heavy (non-hydrogen) atoms. The second-order valence-electron chi connectivity index (χ2n) is 5.28. The first-order valence-corrected chi connectivity index (χ1v) is 6.90. The molecule has 1 amide bonds. The van der Waals surface area contributed by atoms with Crippen LogP contribution in [0, 0.1) is 0 Å². The Morgan fingerprint density at radius 3 is 2.33 bits per heavy atom. The molecule has 6 nitrogen and oxygen atoms in total. The third-order valence-corrected chi connectivity index (χ3v) is 3.90. The maximum absolute atomic E-state index is 12.3. The van der Waals surface area contributed by atoms with Crippen LogP contribution < -0.4 is 25.3 Å². The molecule has 0 aliphatic heterocycles. The van der Waals surface area contributed by atoms with Gasteiger partial charge in [-0.2, -0.15) is 0 Å². The minimum atomic E-state index is -0.264. The molecule has 1 aromatic carbocycles. The fraction of sp³-hybridized carbons (Fsp3) is 0.533. The Labute approximate surface area is 124 Å². The van der Waals surface area contributed by atoms with Gasteiger partial charge < -0.3 is 25.3 Å². The molecule has 1 fully saturated rings. The average molecular weight is 294 g/mol. The van der Waals surface area contributed by atoms with Gasteiger partial charge in [0, 0.05) is 12.1 Å². The summed E-state index contributed by atoms with van der Waals surface area (Å²) in [5.74, 6) is 1.04. The number of carbonyl (C=O) groups is 1. The van der Waals surface area contributed by atoms with E-state index in [1.165, 1.54) is 21.3 Å². The molecule has 0 atom stereocenters. The molecule has 1 aliphatic carbocycles. The van der Waals surface area contributed by atoms with Gasteiger partial charge >= 0.3 is 0 Å². The maximum Gasteiger partial charge on any atom is 0.255 e. The van der Waals surface area contributed by atoms with E-state index in [-0.39, 0.29) is 11.4 Å². The number of amides is 1. The van der Waals surface area contributed by atoms with Crippen molar-refractivity contribution in [2.24, 2.45) is 5.73 Å². The summed E-state index contributed by atoms with van der Waals surface area (Å²) in [6.45, 7) is 0.462. The molecule has 1 aromatic rings. The molecule has 116 valence electrons. The Balaban J connectivity index is 2.19. The standard InChI is InChI=1S/C15H22N2O4/c1-19-11-6-5-10(12(20-2)13(11)21-3)14(18)17-9-15(16)7-4-8-15/h5-6H,4,7-9,16H2,1-3H3,(H,17,18). The summed E-state index contributed by atoms with van der Waals surface area (Å²) in [7, 11) is 4.53. The average Bonchev–Trinajstić information content (AvgIpc) is 2.48. The molecule has 2 rings (SSSR count). The quantitative estimate of drug-likeness (QED) is 0.827. The summed E-state index contributed by atoms with van der Waals surface area (Å²) in [4.78, 5) is 12.3. The van der Waals surface area contributed by atoms with E-state index < -0.39 is 0 Å². The van der Waals surface area contributed by atoms with Crippen LogP contribution in [0.25, 0.3) is 0 Å². The van der Waals surface area contributed by atoms with E-state index >= 15 is 0 Å². The van der Waals surface area contributed by atoms with Crippen molar-refractivity contribution < 1.29 is 19.0 Å². The minimum absolute atomic E-state index is 0.232. The van der Waals surface area contributed by atoms with Crippen molar-refractivity contribution >= 4 is 5.91 Å². The van der Waals surface area contributed by atoms with Crippen LogP contribution in [-0.4, -0.2) is 39.3 Å². The van der Waals surface area contributed by atoms with E-state index in [1.54, 1.807) is 12.1 Å². The Kier molecular flexibility index (Phi) is 4.57. The van der Waals surface area contributed by atoms with Crippen molar-refractivity contribution in [1.29, 1.82) is 0 Å². The van der Waals surface area contributed by atoms with Gasteiger partial charge in [0.2, 0.25) is 5.75 Å². The van der Waals surface area contributed by atoms with Crippen LogP contribution >= 0.6 is 0 Å². The Morgan fingerprint density at radius 1 is 1.19 bits per heavy atom. The second-order valence-corrected chi connectivity index (χ2v) is 5.28. The van der Waals surface area contributed by atoms with Gasteiger partial charge in [0.1, 0.15) is 0 Å². The molecular formula is C15H22N2O4. The number of hydrogen-bond donors (Lipinski definition) is 2. The zero-order chi connectivity index (χ0) is 15.5. The second kappa shape index (κ2) is 6.22. The van der Waals surface area contributed by atoms with Gasteiger partial charge in [0.05, 0.1) is 26.9 Å². The summed E-state index contributed by atoms with van der Waals surface area (Å²) >= 11 is 0. The number of benzene rings is 1. The first kappa shape index (κ1) is 15.4. The third-order valence-electron chi connectivity index (χ3n) is 3.90. The fourth-order valence-electron chi connectivity index (χ4n) is 2.44. The molecule has 0 bridgehead atoms. The molecule has 3 N–H and O–H groups in total. The van der Waals surface area contributed by atoms with Gasteiger partial charge in [-0.15, -0.1) is 0 Å². The molecule has 1 saturated carbocycles. The fourth-order valence-corrected chi connectivity index (χ4v) is 2.44. The highest BCUT2D eigenvalue weighted by atomic mass is 16.5. The minimum Gasteiger partial charge on any atom is -0.493 e. The van der Waals surface area contributed by atoms with Crippen molar-refractivity contribution in [1.82, 2.24) is 5.32 Å². The van der Waals surface area contributed by atoms with Crippen LogP contribution in [0.2, 0.25) is 0 Å². The van der Waals surface area contributed by atoms with Gasteiger partial charge in [-0.05, 0) is 31.4 Å². The highest BCUT2D eigenvalue weighted by Gasteiger charge is 2.33. The summed E-state index contributed by atoms with van der Waals surface area (Å²) in [6.07, 6.45) is 3.00. The molecule has 0 saturated heterocycles. The van der Waals surface area contributed by atoms with Crippen molar-refractivity contribution in [2.75, 3.05) is 27.9 Å². The highest BCUT2D eigenvalue weighted by molar-refractivity contribution is 5.98. The lowest BCUT2D eigenvalue weighted by Crippen LogP contribution is -2.54. The number of nitrogens with two attached hydrogens (primary N) is 1. The van der Waals surface area contributed by atoms with Crippen LogP contribution in [0.5, 0.6) is 17.2 Å². The molecule has 1 aliphatic rings. The lowest BCUT2D eigenvalue weighted by Gasteiger charge is -2.38. The SMILES string of the molecule is COc1ccc(C(=O)NCC2(N)CCC2)c(OC)c1OC. The van der Waals surface area contributed by atoms with Gasteiger partial charge in [0.25, 0.3) is 5.91 Å². The van der Waals surface area contributed by atoms with E-state index in [1.807, 2.05) is 0 Å². The number of nitrogens with one attached hydrogen (secondary N) is 1. The topological polar surface area (TPSA) is 82.8 Å². The summed E-state index contributed by atoms with van der Waals surface area (Å²) in [6, 6.07) is 3.33. The number of carbonyl (C=O) groups excluding carboxylic acids is 1. The van der Waals surface area contributed by atoms with Crippen LogP contribution in [0.3, 0.4) is 0 Å². The molecular weight excluding hydrogens is 272 g/mol. The predicted molar refractivity (Wildman–Crippen MR) is 79.2 cm³/mol. The molecule has 0 unspecified atom stereocenters. The van der Waals surface area contributed by atoms with Gasteiger partial charge in [-0.1, -0.05) is 0 Å². The van der Waals surface area contributed by atoms with E-state index in [4.69, 9.17) is 19.9 Å². The molecule has 0 radical (unpaired) electrons. The zero-order valence-electron chi connectivity index (χ0n) is 12.7. The molecule has 0 spiro atoms. The largest absolute Gasteiger partial charge is 0.493 e. The molecule has 0 heterocycles. The van der Waals surface area contributed by atoms with Crippen molar-refractivity contribution in [2.45, 2.75) is 24.8 Å².